The zero-order chi connectivity index (χ0) is 18.1. The zero-order valence-corrected chi connectivity index (χ0v) is 14.4. The highest BCUT2D eigenvalue weighted by atomic mass is 16.5. The first-order valence-electron chi connectivity index (χ1n) is 8.05. The van der Waals surface area contributed by atoms with E-state index in [-0.39, 0.29) is 11.8 Å². The van der Waals surface area contributed by atoms with E-state index in [0.717, 1.165) is 5.56 Å². The van der Waals surface area contributed by atoms with Gasteiger partial charge in [-0.05, 0) is 24.1 Å². The summed E-state index contributed by atoms with van der Waals surface area (Å²) >= 11 is 0. The summed E-state index contributed by atoms with van der Waals surface area (Å²) in [4.78, 5) is 23.2. The second-order valence-corrected chi connectivity index (χ2v) is 5.50. The van der Waals surface area contributed by atoms with Gasteiger partial charge in [-0.1, -0.05) is 42.5 Å². The van der Waals surface area contributed by atoms with Crippen LogP contribution in [0.5, 0.6) is 5.75 Å². The van der Waals surface area contributed by atoms with Gasteiger partial charge in [0.25, 0.3) is 0 Å². The number of hydrogen-bond acceptors (Lipinski definition) is 3. The van der Waals surface area contributed by atoms with E-state index < -0.39 is 0 Å². The fourth-order valence-corrected chi connectivity index (χ4v) is 2.28. The molecule has 25 heavy (non-hydrogen) atoms. The van der Waals surface area contributed by atoms with Crippen LogP contribution in [0.25, 0.3) is 6.08 Å². The van der Waals surface area contributed by atoms with E-state index >= 15 is 0 Å². The molecule has 0 aliphatic carbocycles. The van der Waals surface area contributed by atoms with Crippen LogP contribution in [-0.2, 0) is 9.59 Å². The minimum atomic E-state index is -0.180. The topological polar surface area (TPSA) is 67.4 Å². The van der Waals surface area contributed by atoms with Crippen LogP contribution < -0.4 is 15.4 Å². The van der Waals surface area contributed by atoms with Gasteiger partial charge in [0.05, 0.1) is 12.8 Å². The van der Waals surface area contributed by atoms with Gasteiger partial charge in [-0.2, -0.15) is 0 Å². The third-order valence-electron chi connectivity index (χ3n) is 3.44. The minimum absolute atomic E-state index is 0.0768. The standard InChI is InChI=1S/C20H22N2O3/c1-15(23)21-18-13-12-17(14-19(18)25-2)22-20(24)11-7-6-10-16-8-4-3-5-9-16/h3-6,8-10,12-14H,7,11H2,1-2H3,(H,21,23)(H,22,24)/b10-6+. The highest BCUT2D eigenvalue weighted by Gasteiger charge is 2.08. The van der Waals surface area contributed by atoms with Gasteiger partial charge < -0.3 is 15.4 Å². The summed E-state index contributed by atoms with van der Waals surface area (Å²) in [6, 6.07) is 15.1. The van der Waals surface area contributed by atoms with Gasteiger partial charge in [0.1, 0.15) is 5.75 Å². The van der Waals surface area contributed by atoms with Crippen molar-refractivity contribution >= 4 is 29.3 Å². The van der Waals surface area contributed by atoms with Crippen molar-refractivity contribution < 1.29 is 14.3 Å². The molecular weight excluding hydrogens is 316 g/mol. The molecule has 2 N–H and O–H groups in total. The fourth-order valence-electron chi connectivity index (χ4n) is 2.28. The Balaban J connectivity index is 1.87. The van der Waals surface area contributed by atoms with Gasteiger partial charge in [0.15, 0.2) is 0 Å². The van der Waals surface area contributed by atoms with Crippen LogP contribution >= 0.6 is 0 Å². The molecule has 5 heteroatoms. The summed E-state index contributed by atoms with van der Waals surface area (Å²) in [5, 5.41) is 5.51. The van der Waals surface area contributed by atoms with E-state index in [2.05, 4.69) is 10.6 Å². The Morgan fingerprint density at radius 3 is 2.52 bits per heavy atom. The Bertz CT molecular complexity index is 755. The quantitative estimate of drug-likeness (QED) is 0.799. The summed E-state index contributed by atoms with van der Waals surface area (Å²) < 4.78 is 5.24. The van der Waals surface area contributed by atoms with Gasteiger partial charge in [0, 0.05) is 25.1 Å². The molecule has 0 aliphatic heterocycles. The molecule has 0 radical (unpaired) electrons. The first-order valence-corrected chi connectivity index (χ1v) is 8.05. The Labute approximate surface area is 147 Å². The van der Waals surface area contributed by atoms with Crippen molar-refractivity contribution in [2.75, 3.05) is 17.7 Å². The number of allylic oxidation sites excluding steroid dienone is 1. The molecule has 2 rings (SSSR count). The number of ether oxygens (including phenoxy) is 1. The molecule has 0 aromatic heterocycles. The Morgan fingerprint density at radius 2 is 1.84 bits per heavy atom. The molecule has 2 aromatic rings. The van der Waals surface area contributed by atoms with Crippen molar-refractivity contribution in [3.63, 3.8) is 0 Å². The van der Waals surface area contributed by atoms with Crippen molar-refractivity contribution in [3.05, 3.63) is 60.2 Å². The van der Waals surface area contributed by atoms with Crippen LogP contribution in [0.4, 0.5) is 11.4 Å². The first kappa shape index (κ1) is 18.3. The van der Waals surface area contributed by atoms with Crippen LogP contribution in [0.15, 0.2) is 54.6 Å². The number of carbonyl (C=O) groups excluding carboxylic acids is 2. The van der Waals surface area contributed by atoms with Crippen molar-refractivity contribution in [3.8, 4) is 5.75 Å². The van der Waals surface area contributed by atoms with E-state index in [4.69, 9.17) is 4.74 Å². The molecule has 0 bridgehead atoms. The minimum Gasteiger partial charge on any atom is -0.494 e. The molecule has 0 unspecified atom stereocenters. The van der Waals surface area contributed by atoms with Crippen molar-refractivity contribution in [2.45, 2.75) is 19.8 Å². The Morgan fingerprint density at radius 1 is 1.08 bits per heavy atom. The van der Waals surface area contributed by atoms with Gasteiger partial charge in [-0.25, -0.2) is 0 Å². The number of carbonyl (C=O) groups is 2. The smallest absolute Gasteiger partial charge is 0.224 e. The van der Waals surface area contributed by atoms with E-state index in [0.29, 0.717) is 30.0 Å². The lowest BCUT2D eigenvalue weighted by atomic mass is 10.2. The van der Waals surface area contributed by atoms with Crippen LogP contribution in [-0.4, -0.2) is 18.9 Å². The highest BCUT2D eigenvalue weighted by Crippen LogP contribution is 2.28. The highest BCUT2D eigenvalue weighted by molar-refractivity contribution is 5.93. The molecule has 0 aliphatic rings. The third kappa shape index (κ3) is 6.14. The molecule has 0 saturated heterocycles. The molecule has 2 aromatic carbocycles. The molecule has 0 fully saturated rings. The zero-order valence-electron chi connectivity index (χ0n) is 14.4. The number of anilines is 2. The summed E-state index contributed by atoms with van der Waals surface area (Å²) in [5.41, 5.74) is 2.31. The number of methoxy groups -OCH3 is 1. The van der Waals surface area contributed by atoms with E-state index in [1.807, 2.05) is 42.5 Å². The number of nitrogens with one attached hydrogen (secondary N) is 2. The average Bonchev–Trinajstić information content (AvgIpc) is 2.60. The Hall–Kier alpha value is -3.08. The van der Waals surface area contributed by atoms with Crippen LogP contribution in [0.2, 0.25) is 0 Å². The van der Waals surface area contributed by atoms with Crippen LogP contribution in [0, 0.1) is 0 Å². The van der Waals surface area contributed by atoms with Gasteiger partial charge in [0.2, 0.25) is 11.8 Å². The van der Waals surface area contributed by atoms with Gasteiger partial charge in [-0.3, -0.25) is 9.59 Å². The Kier molecular flexibility index (Phi) is 6.77. The molecule has 130 valence electrons. The lowest BCUT2D eigenvalue weighted by Gasteiger charge is -2.11. The number of amides is 2. The van der Waals surface area contributed by atoms with E-state index in [1.165, 1.54) is 14.0 Å². The van der Waals surface area contributed by atoms with Crippen molar-refractivity contribution in [1.29, 1.82) is 0 Å². The summed E-state index contributed by atoms with van der Waals surface area (Å²) in [7, 11) is 1.51. The SMILES string of the molecule is COc1cc(NC(=O)CC/C=C/c2ccccc2)ccc1NC(C)=O. The average molecular weight is 338 g/mol. The van der Waals surface area contributed by atoms with Crippen LogP contribution in [0.3, 0.4) is 0 Å². The number of benzene rings is 2. The fraction of sp³-hybridized carbons (Fsp3) is 0.200. The van der Waals surface area contributed by atoms with E-state index in [9.17, 15) is 9.59 Å². The maximum Gasteiger partial charge on any atom is 0.224 e. The maximum atomic E-state index is 12.0. The number of hydrogen-bond donors (Lipinski definition) is 2. The third-order valence-corrected chi connectivity index (χ3v) is 3.44. The predicted molar refractivity (Wildman–Crippen MR) is 101 cm³/mol. The monoisotopic (exact) mass is 338 g/mol. The first-order chi connectivity index (χ1) is 12.1. The van der Waals surface area contributed by atoms with Crippen LogP contribution in [0.1, 0.15) is 25.3 Å². The van der Waals surface area contributed by atoms with Crippen molar-refractivity contribution in [2.24, 2.45) is 0 Å². The molecule has 5 nitrogen and oxygen atoms in total. The lowest BCUT2D eigenvalue weighted by Crippen LogP contribution is -2.11. The second-order valence-electron chi connectivity index (χ2n) is 5.50. The summed E-state index contributed by atoms with van der Waals surface area (Å²) in [5.74, 6) is 0.240. The predicted octanol–water partition coefficient (Wildman–Crippen LogP) is 4.09. The van der Waals surface area contributed by atoms with Gasteiger partial charge in [-0.15, -0.1) is 0 Å². The molecule has 0 saturated carbocycles. The summed E-state index contributed by atoms with van der Waals surface area (Å²) in [6.45, 7) is 1.43. The normalized spacial score (nSPS) is 10.5. The molecule has 0 spiro atoms. The molecule has 2 amide bonds. The second kappa shape index (κ2) is 9.27. The van der Waals surface area contributed by atoms with E-state index in [1.54, 1.807) is 18.2 Å². The molecular formula is C20H22N2O3. The maximum absolute atomic E-state index is 12.0. The lowest BCUT2D eigenvalue weighted by molar-refractivity contribution is -0.116. The molecule has 0 atom stereocenters. The number of rotatable bonds is 7. The largest absolute Gasteiger partial charge is 0.494 e. The molecule has 0 heterocycles. The summed E-state index contributed by atoms with van der Waals surface area (Å²) in [6.07, 6.45) is 5.02. The van der Waals surface area contributed by atoms with Gasteiger partial charge >= 0.3 is 0 Å². The van der Waals surface area contributed by atoms with Crippen molar-refractivity contribution in [1.82, 2.24) is 0 Å².